The molecule has 5 nitrogen and oxygen atoms in total. The molecule has 0 aromatic carbocycles. The highest BCUT2D eigenvalue weighted by Gasteiger charge is 2.11. The third-order valence-electron chi connectivity index (χ3n) is 1.87. The van der Waals surface area contributed by atoms with E-state index in [9.17, 15) is 4.79 Å². The topological polar surface area (TPSA) is 62.7 Å². The fourth-order valence-electron chi connectivity index (χ4n) is 1.20. The smallest absolute Gasteiger partial charge is 0.337 e. The molecular formula is C11H14N2O3. The van der Waals surface area contributed by atoms with Gasteiger partial charge in [-0.3, -0.25) is 0 Å². The minimum atomic E-state index is -0.984. The van der Waals surface area contributed by atoms with Gasteiger partial charge in [-0.1, -0.05) is 0 Å². The van der Waals surface area contributed by atoms with Crippen LogP contribution in [-0.4, -0.2) is 42.2 Å². The molecular weight excluding hydrogens is 208 g/mol. The quantitative estimate of drug-likeness (QED) is 0.772. The summed E-state index contributed by atoms with van der Waals surface area (Å²) in [5.74, 6) is -0.592. The summed E-state index contributed by atoms with van der Waals surface area (Å²) >= 11 is 0. The van der Waals surface area contributed by atoms with Crippen LogP contribution in [0.4, 0.5) is 0 Å². The summed E-state index contributed by atoms with van der Waals surface area (Å²) in [6.07, 6.45) is 3.05. The molecule has 5 heteroatoms. The highest BCUT2D eigenvalue weighted by atomic mass is 16.5. The molecule has 0 aliphatic carbocycles. The normalized spacial score (nSPS) is 11.1. The lowest BCUT2D eigenvalue weighted by atomic mass is 10.1. The van der Waals surface area contributed by atoms with Gasteiger partial charge in [0.25, 0.3) is 0 Å². The predicted octanol–water partition coefficient (Wildman–Crippen LogP) is 1.08. The number of hydrogen-bond donors (Lipinski definition) is 1. The van der Waals surface area contributed by atoms with Crippen LogP contribution in [0.1, 0.15) is 5.56 Å². The average molecular weight is 222 g/mol. The summed E-state index contributed by atoms with van der Waals surface area (Å²) < 4.78 is 4.94. The monoisotopic (exact) mass is 222 g/mol. The number of aliphatic carboxylic acids is 1. The van der Waals surface area contributed by atoms with Gasteiger partial charge >= 0.3 is 5.97 Å². The molecule has 1 aromatic rings. The van der Waals surface area contributed by atoms with Crippen LogP contribution in [0.3, 0.4) is 0 Å². The van der Waals surface area contributed by atoms with Crippen LogP contribution in [0.15, 0.2) is 24.5 Å². The Morgan fingerprint density at radius 1 is 1.56 bits per heavy atom. The van der Waals surface area contributed by atoms with Gasteiger partial charge in [-0.25, -0.2) is 9.78 Å². The number of carboxylic acids is 1. The van der Waals surface area contributed by atoms with Crippen molar-refractivity contribution >= 4 is 11.5 Å². The molecule has 86 valence electrons. The molecule has 0 spiro atoms. The summed E-state index contributed by atoms with van der Waals surface area (Å²) in [6.45, 7) is 0. The van der Waals surface area contributed by atoms with Gasteiger partial charge in [0.15, 0.2) is 0 Å². The van der Waals surface area contributed by atoms with Crippen molar-refractivity contribution in [1.82, 2.24) is 9.88 Å². The van der Waals surface area contributed by atoms with Crippen LogP contribution >= 0.6 is 0 Å². The Morgan fingerprint density at radius 3 is 2.75 bits per heavy atom. The maximum absolute atomic E-state index is 11.1. The first-order valence-corrected chi connectivity index (χ1v) is 4.66. The number of aromatic nitrogens is 1. The number of rotatable bonds is 4. The van der Waals surface area contributed by atoms with Crippen molar-refractivity contribution < 1.29 is 14.6 Å². The molecule has 1 heterocycles. The summed E-state index contributed by atoms with van der Waals surface area (Å²) in [5.41, 5.74) is 0.763. The van der Waals surface area contributed by atoms with E-state index in [-0.39, 0.29) is 5.57 Å². The van der Waals surface area contributed by atoms with E-state index < -0.39 is 5.97 Å². The van der Waals surface area contributed by atoms with Gasteiger partial charge in [0.2, 0.25) is 5.88 Å². The third kappa shape index (κ3) is 2.98. The molecule has 0 radical (unpaired) electrons. The summed E-state index contributed by atoms with van der Waals surface area (Å²) in [4.78, 5) is 16.7. The molecule has 0 unspecified atom stereocenters. The standard InChI is InChI=1S/C11H14N2O3/c1-13(2)7-9(11(14)15)8-4-5-12-10(6-8)16-3/h4-7H,1-3H3,(H,14,15)/b9-7+. The van der Waals surface area contributed by atoms with E-state index in [1.165, 1.54) is 19.5 Å². The van der Waals surface area contributed by atoms with E-state index in [1.807, 2.05) is 0 Å². The molecule has 0 aliphatic rings. The molecule has 0 aliphatic heterocycles. The van der Waals surface area contributed by atoms with Gasteiger partial charge in [0.05, 0.1) is 12.7 Å². The van der Waals surface area contributed by atoms with Crippen LogP contribution in [0.5, 0.6) is 5.88 Å². The second-order valence-electron chi connectivity index (χ2n) is 3.40. The van der Waals surface area contributed by atoms with E-state index in [4.69, 9.17) is 9.84 Å². The van der Waals surface area contributed by atoms with Gasteiger partial charge in [-0.15, -0.1) is 0 Å². The van der Waals surface area contributed by atoms with Crippen molar-refractivity contribution in [3.63, 3.8) is 0 Å². The first-order valence-electron chi connectivity index (χ1n) is 4.66. The van der Waals surface area contributed by atoms with Crippen molar-refractivity contribution in [2.45, 2.75) is 0 Å². The summed E-state index contributed by atoms with van der Waals surface area (Å²) in [6, 6.07) is 3.22. The summed E-state index contributed by atoms with van der Waals surface area (Å²) in [5, 5.41) is 9.08. The molecule has 1 aromatic heterocycles. The van der Waals surface area contributed by atoms with Gasteiger partial charge < -0.3 is 14.7 Å². The van der Waals surface area contributed by atoms with Gasteiger partial charge in [0.1, 0.15) is 0 Å². The predicted molar refractivity (Wildman–Crippen MR) is 60.1 cm³/mol. The Bertz CT molecular complexity index is 413. The third-order valence-corrected chi connectivity index (χ3v) is 1.87. The van der Waals surface area contributed by atoms with Crippen molar-refractivity contribution in [2.24, 2.45) is 0 Å². The number of carbonyl (C=O) groups is 1. The molecule has 0 bridgehead atoms. The first kappa shape index (κ1) is 12.0. The molecule has 1 N–H and O–H groups in total. The van der Waals surface area contributed by atoms with Gasteiger partial charge in [-0.05, 0) is 11.6 Å². The van der Waals surface area contributed by atoms with Crippen LogP contribution in [0, 0.1) is 0 Å². The Kier molecular flexibility index (Phi) is 3.88. The van der Waals surface area contributed by atoms with Gasteiger partial charge in [-0.2, -0.15) is 0 Å². The number of nitrogens with zero attached hydrogens (tertiary/aromatic N) is 2. The number of pyridine rings is 1. The van der Waals surface area contributed by atoms with Crippen LogP contribution in [-0.2, 0) is 4.79 Å². The highest BCUT2D eigenvalue weighted by Crippen LogP contribution is 2.18. The van der Waals surface area contributed by atoms with E-state index in [2.05, 4.69) is 4.98 Å². The maximum Gasteiger partial charge on any atom is 0.337 e. The number of hydrogen-bond acceptors (Lipinski definition) is 4. The lowest BCUT2D eigenvalue weighted by Gasteiger charge is -2.09. The number of methoxy groups -OCH3 is 1. The van der Waals surface area contributed by atoms with E-state index in [0.717, 1.165) is 0 Å². The Balaban J connectivity index is 3.16. The molecule has 0 amide bonds. The second kappa shape index (κ2) is 5.16. The zero-order valence-corrected chi connectivity index (χ0v) is 9.47. The van der Waals surface area contributed by atoms with E-state index in [0.29, 0.717) is 11.4 Å². The zero-order valence-electron chi connectivity index (χ0n) is 9.47. The molecule has 0 atom stereocenters. The van der Waals surface area contributed by atoms with Crippen LogP contribution < -0.4 is 4.74 Å². The van der Waals surface area contributed by atoms with Crippen molar-refractivity contribution in [1.29, 1.82) is 0 Å². The van der Waals surface area contributed by atoms with E-state index >= 15 is 0 Å². The largest absolute Gasteiger partial charge is 0.481 e. The maximum atomic E-state index is 11.1. The number of ether oxygens (including phenoxy) is 1. The fraction of sp³-hybridized carbons (Fsp3) is 0.273. The molecule has 0 fully saturated rings. The van der Waals surface area contributed by atoms with Crippen molar-refractivity contribution in [3.8, 4) is 5.88 Å². The molecule has 16 heavy (non-hydrogen) atoms. The Labute approximate surface area is 94.0 Å². The van der Waals surface area contributed by atoms with E-state index in [1.54, 1.807) is 31.1 Å². The second-order valence-corrected chi connectivity index (χ2v) is 3.40. The van der Waals surface area contributed by atoms with Crippen molar-refractivity contribution in [2.75, 3.05) is 21.2 Å². The minimum Gasteiger partial charge on any atom is -0.481 e. The lowest BCUT2D eigenvalue weighted by molar-refractivity contribution is -0.130. The highest BCUT2D eigenvalue weighted by molar-refractivity contribution is 6.15. The average Bonchev–Trinajstić information content (AvgIpc) is 2.25. The number of carboxylic acid groups (broad SMARTS) is 1. The minimum absolute atomic E-state index is 0.200. The Hall–Kier alpha value is -2.04. The SMILES string of the molecule is COc1cc(/C(=C\N(C)C)C(=O)O)ccn1. The Morgan fingerprint density at radius 2 is 2.25 bits per heavy atom. The molecule has 0 saturated carbocycles. The summed E-state index contributed by atoms with van der Waals surface area (Å²) in [7, 11) is 5.02. The fourth-order valence-corrected chi connectivity index (χ4v) is 1.20. The molecule has 1 rings (SSSR count). The molecule has 0 saturated heterocycles. The van der Waals surface area contributed by atoms with Gasteiger partial charge in [0, 0.05) is 32.6 Å². The van der Waals surface area contributed by atoms with Crippen LogP contribution in [0.25, 0.3) is 5.57 Å². The first-order chi connectivity index (χ1) is 7.54. The van der Waals surface area contributed by atoms with Crippen molar-refractivity contribution in [3.05, 3.63) is 30.1 Å². The lowest BCUT2D eigenvalue weighted by Crippen LogP contribution is -2.08. The zero-order chi connectivity index (χ0) is 12.1. The van der Waals surface area contributed by atoms with Crippen LogP contribution in [0.2, 0.25) is 0 Å².